The van der Waals surface area contributed by atoms with E-state index in [2.05, 4.69) is 17.2 Å². The molecule has 4 nitrogen and oxygen atoms in total. The van der Waals surface area contributed by atoms with Gasteiger partial charge in [-0.25, -0.2) is 4.98 Å². The number of nitrogens with zero attached hydrogens (tertiary/aromatic N) is 1. The van der Waals surface area contributed by atoms with Gasteiger partial charge in [0.2, 0.25) is 0 Å². The summed E-state index contributed by atoms with van der Waals surface area (Å²) < 4.78 is 11.1. The molecule has 1 saturated heterocycles. The highest BCUT2D eigenvalue weighted by Crippen LogP contribution is 2.19. The van der Waals surface area contributed by atoms with Crippen LogP contribution in [0.15, 0.2) is 10.8 Å². The van der Waals surface area contributed by atoms with Gasteiger partial charge in [-0.2, -0.15) is 0 Å². The largest absolute Gasteiger partial charge is 0.448 e. The van der Waals surface area contributed by atoms with Crippen molar-refractivity contribution in [3.63, 3.8) is 0 Å². The summed E-state index contributed by atoms with van der Waals surface area (Å²) in [5.41, 5.74) is 1.05. The van der Waals surface area contributed by atoms with E-state index in [9.17, 15) is 0 Å². The lowest BCUT2D eigenvalue weighted by atomic mass is 10.1. The Morgan fingerprint density at radius 1 is 1.53 bits per heavy atom. The Morgan fingerprint density at radius 2 is 2.47 bits per heavy atom. The van der Waals surface area contributed by atoms with E-state index in [0.29, 0.717) is 6.10 Å². The lowest BCUT2D eigenvalue weighted by Crippen LogP contribution is -2.15. The van der Waals surface area contributed by atoms with Gasteiger partial charge in [-0.15, -0.1) is 0 Å². The molecule has 96 valence electrons. The minimum atomic E-state index is 0.427. The molecule has 2 rings (SSSR count). The first-order valence-corrected chi connectivity index (χ1v) is 6.63. The van der Waals surface area contributed by atoms with Crippen LogP contribution >= 0.6 is 0 Å². The second kappa shape index (κ2) is 6.77. The van der Waals surface area contributed by atoms with Crippen LogP contribution in [0.25, 0.3) is 0 Å². The van der Waals surface area contributed by atoms with Crippen molar-refractivity contribution in [3.8, 4) is 0 Å². The molecule has 1 unspecified atom stereocenters. The number of hydrogen-bond acceptors (Lipinski definition) is 4. The van der Waals surface area contributed by atoms with Crippen molar-refractivity contribution in [1.82, 2.24) is 10.3 Å². The van der Waals surface area contributed by atoms with Crippen LogP contribution in [0.5, 0.6) is 0 Å². The maximum absolute atomic E-state index is 5.61. The Balaban J connectivity index is 1.76. The molecular formula is C13H22N2O2. The molecule has 17 heavy (non-hydrogen) atoms. The Hall–Kier alpha value is -0.870. The lowest BCUT2D eigenvalue weighted by Gasteiger charge is -2.08. The number of rotatable bonds is 7. The number of hydrogen-bond donors (Lipinski definition) is 1. The number of oxazole rings is 1. The summed E-state index contributed by atoms with van der Waals surface area (Å²) in [6.45, 7) is 4.92. The third-order valence-electron chi connectivity index (χ3n) is 3.16. The van der Waals surface area contributed by atoms with Gasteiger partial charge in [0.1, 0.15) is 5.76 Å². The molecule has 0 aromatic carbocycles. The summed E-state index contributed by atoms with van der Waals surface area (Å²) in [5.74, 6) is 1.02. The molecule has 1 aliphatic heterocycles. The highest BCUT2D eigenvalue weighted by molar-refractivity contribution is 5.07. The zero-order chi connectivity index (χ0) is 11.9. The Labute approximate surface area is 103 Å². The molecular weight excluding hydrogens is 216 g/mol. The molecule has 1 atom stereocenters. The molecule has 1 aromatic rings. The summed E-state index contributed by atoms with van der Waals surface area (Å²) in [7, 11) is 0. The van der Waals surface area contributed by atoms with Gasteiger partial charge in [0.05, 0.1) is 11.8 Å². The smallest absolute Gasteiger partial charge is 0.181 e. The summed E-state index contributed by atoms with van der Waals surface area (Å²) in [4.78, 5) is 4.26. The van der Waals surface area contributed by atoms with Crippen LogP contribution in [0.1, 0.15) is 44.1 Å². The topological polar surface area (TPSA) is 47.3 Å². The van der Waals surface area contributed by atoms with E-state index in [1.165, 1.54) is 12.8 Å². The maximum atomic E-state index is 5.61. The van der Waals surface area contributed by atoms with E-state index in [4.69, 9.17) is 9.15 Å². The van der Waals surface area contributed by atoms with Crippen molar-refractivity contribution in [2.45, 2.75) is 51.7 Å². The third kappa shape index (κ3) is 3.82. The number of aromatic nitrogens is 1. The Bertz CT molecular complexity index is 319. The van der Waals surface area contributed by atoms with E-state index < -0.39 is 0 Å². The van der Waals surface area contributed by atoms with Crippen LogP contribution in [0.2, 0.25) is 0 Å². The third-order valence-corrected chi connectivity index (χ3v) is 3.16. The molecule has 1 aromatic heterocycles. The first kappa shape index (κ1) is 12.6. The van der Waals surface area contributed by atoms with Gasteiger partial charge < -0.3 is 14.5 Å². The minimum absolute atomic E-state index is 0.427. The zero-order valence-corrected chi connectivity index (χ0v) is 10.6. The van der Waals surface area contributed by atoms with Crippen molar-refractivity contribution in [1.29, 1.82) is 0 Å². The average Bonchev–Trinajstić information content (AvgIpc) is 2.97. The number of ether oxygens (including phenoxy) is 1. The van der Waals surface area contributed by atoms with E-state index >= 15 is 0 Å². The molecule has 2 heterocycles. The van der Waals surface area contributed by atoms with Gasteiger partial charge in [-0.3, -0.25) is 0 Å². The predicted molar refractivity (Wildman–Crippen MR) is 65.8 cm³/mol. The summed E-state index contributed by atoms with van der Waals surface area (Å²) >= 11 is 0. The number of aryl methyl sites for hydroxylation is 1. The van der Waals surface area contributed by atoms with E-state index in [1.54, 1.807) is 6.39 Å². The molecule has 0 spiro atoms. The van der Waals surface area contributed by atoms with Gasteiger partial charge in [0.15, 0.2) is 6.39 Å². The van der Waals surface area contributed by atoms with Crippen LogP contribution in [-0.4, -0.2) is 24.2 Å². The fraction of sp³-hybridized carbons (Fsp3) is 0.769. The lowest BCUT2D eigenvalue weighted by molar-refractivity contribution is 0.103. The second-order valence-corrected chi connectivity index (χ2v) is 4.57. The highest BCUT2D eigenvalue weighted by Gasteiger charge is 2.17. The average molecular weight is 238 g/mol. The Kier molecular flexibility index (Phi) is 5.01. The van der Waals surface area contributed by atoms with Crippen LogP contribution < -0.4 is 5.32 Å². The molecule has 1 aliphatic rings. The number of nitrogens with one attached hydrogen (secondary N) is 1. The minimum Gasteiger partial charge on any atom is -0.448 e. The van der Waals surface area contributed by atoms with E-state index in [-0.39, 0.29) is 0 Å². The van der Waals surface area contributed by atoms with Gasteiger partial charge >= 0.3 is 0 Å². The molecule has 1 N–H and O–H groups in total. The fourth-order valence-corrected chi connectivity index (χ4v) is 2.19. The van der Waals surface area contributed by atoms with Crippen molar-refractivity contribution in [2.24, 2.45) is 0 Å². The highest BCUT2D eigenvalue weighted by atomic mass is 16.5. The van der Waals surface area contributed by atoms with E-state index in [1.807, 2.05) is 0 Å². The first-order chi connectivity index (χ1) is 8.40. The van der Waals surface area contributed by atoms with Crippen molar-refractivity contribution in [2.75, 3.05) is 13.2 Å². The van der Waals surface area contributed by atoms with Gasteiger partial charge in [-0.05, 0) is 32.2 Å². The zero-order valence-electron chi connectivity index (χ0n) is 10.6. The Morgan fingerprint density at radius 3 is 3.24 bits per heavy atom. The van der Waals surface area contributed by atoms with Gasteiger partial charge in [0.25, 0.3) is 0 Å². The SMILES string of the molecule is CCCNCc1ncoc1CCC1CCCO1. The molecule has 0 bridgehead atoms. The van der Waals surface area contributed by atoms with Crippen LogP contribution in [0, 0.1) is 0 Å². The van der Waals surface area contributed by atoms with E-state index in [0.717, 1.165) is 50.4 Å². The van der Waals surface area contributed by atoms with Crippen LogP contribution in [0.4, 0.5) is 0 Å². The summed E-state index contributed by atoms with van der Waals surface area (Å²) in [5, 5.41) is 3.35. The van der Waals surface area contributed by atoms with Crippen molar-refractivity contribution < 1.29 is 9.15 Å². The second-order valence-electron chi connectivity index (χ2n) is 4.57. The molecule has 1 fully saturated rings. The quantitative estimate of drug-likeness (QED) is 0.740. The van der Waals surface area contributed by atoms with Gasteiger partial charge in [-0.1, -0.05) is 6.92 Å². The predicted octanol–water partition coefficient (Wildman–Crippen LogP) is 2.29. The first-order valence-electron chi connectivity index (χ1n) is 6.63. The molecule has 0 aliphatic carbocycles. The molecule has 0 radical (unpaired) electrons. The van der Waals surface area contributed by atoms with Crippen LogP contribution in [-0.2, 0) is 17.7 Å². The molecule has 0 saturated carbocycles. The molecule has 4 heteroatoms. The normalized spacial score (nSPS) is 19.9. The van der Waals surface area contributed by atoms with Crippen LogP contribution in [0.3, 0.4) is 0 Å². The van der Waals surface area contributed by atoms with Gasteiger partial charge in [0, 0.05) is 19.6 Å². The summed E-state index contributed by atoms with van der Waals surface area (Å²) in [6.07, 6.45) is 7.50. The standard InChI is InChI=1S/C13H22N2O2/c1-2-7-14-9-12-13(17-10-15-12)6-5-11-4-3-8-16-11/h10-11,14H,2-9H2,1H3. The molecule has 0 amide bonds. The van der Waals surface area contributed by atoms with Crippen molar-refractivity contribution >= 4 is 0 Å². The fourth-order valence-electron chi connectivity index (χ4n) is 2.19. The summed E-state index contributed by atoms with van der Waals surface area (Å²) in [6, 6.07) is 0. The maximum Gasteiger partial charge on any atom is 0.181 e. The monoisotopic (exact) mass is 238 g/mol. The van der Waals surface area contributed by atoms with Crippen molar-refractivity contribution in [3.05, 3.63) is 17.8 Å².